The molecule has 0 N–H and O–H groups in total. The Morgan fingerprint density at radius 1 is 0.900 bits per heavy atom. The van der Waals surface area contributed by atoms with Gasteiger partial charge in [0.1, 0.15) is 24.2 Å². The van der Waals surface area contributed by atoms with Crippen LogP contribution in [-0.4, -0.2) is 35.9 Å². The van der Waals surface area contributed by atoms with Crippen molar-refractivity contribution in [3.05, 3.63) is 59.7 Å². The number of carbonyl (C=O) groups is 2. The molecule has 1 aliphatic carbocycles. The number of benzene rings is 2. The minimum Gasteiger partial charge on any atom is -0.431 e. The van der Waals surface area contributed by atoms with Crippen LogP contribution in [0.2, 0.25) is 0 Å². The molecule has 1 fully saturated rings. The fourth-order valence-electron chi connectivity index (χ4n) is 5.37. The molecule has 0 amide bonds. The number of rotatable bonds is 12. The van der Waals surface area contributed by atoms with Gasteiger partial charge in [-0.05, 0) is 84.7 Å². The lowest BCUT2D eigenvalue weighted by Gasteiger charge is -2.34. The first-order chi connectivity index (χ1) is 19.0. The Kier molecular flexibility index (Phi) is 12.3. The predicted molar refractivity (Wildman–Crippen MR) is 166 cm³/mol. The van der Waals surface area contributed by atoms with Crippen molar-refractivity contribution in [2.75, 3.05) is 17.6 Å². The number of halogens is 1. The van der Waals surface area contributed by atoms with Crippen LogP contribution in [0.5, 0.6) is 11.5 Å². The van der Waals surface area contributed by atoms with E-state index in [9.17, 15) is 9.59 Å². The van der Waals surface area contributed by atoms with E-state index >= 15 is 0 Å². The average molecular weight is 665 g/mol. The maximum atomic E-state index is 12.5. The lowest BCUT2D eigenvalue weighted by molar-refractivity contribution is -0.139. The highest BCUT2D eigenvalue weighted by Crippen LogP contribution is 2.37. The lowest BCUT2D eigenvalue weighted by atomic mass is 9.75. The Bertz CT molecular complexity index is 1080. The molecular formula is C33H45IO6. The molecule has 2 aromatic rings. The SMILES string of the molecule is CC(C)COCC(=O)Oc1ccc(C(C)(CI)c2ccc(OC(=O)OC3CCC(CC(C)C)C(C)C3)cc2)cc1. The van der Waals surface area contributed by atoms with Crippen LogP contribution in [0.4, 0.5) is 4.79 Å². The van der Waals surface area contributed by atoms with Crippen molar-refractivity contribution < 1.29 is 28.5 Å². The molecule has 220 valence electrons. The molecule has 4 unspecified atom stereocenters. The summed E-state index contributed by atoms with van der Waals surface area (Å²) in [5.74, 6) is 2.85. The summed E-state index contributed by atoms with van der Waals surface area (Å²) in [6, 6.07) is 15.2. The van der Waals surface area contributed by atoms with Gasteiger partial charge in [0.05, 0.1) is 0 Å². The van der Waals surface area contributed by atoms with E-state index in [0.29, 0.717) is 41.8 Å². The van der Waals surface area contributed by atoms with Gasteiger partial charge in [0.2, 0.25) is 0 Å². The van der Waals surface area contributed by atoms with Crippen molar-refractivity contribution in [3.8, 4) is 11.5 Å². The van der Waals surface area contributed by atoms with Crippen LogP contribution in [0.1, 0.15) is 78.4 Å². The topological polar surface area (TPSA) is 71.1 Å². The third-order valence-corrected chi connectivity index (χ3v) is 9.22. The van der Waals surface area contributed by atoms with Gasteiger partial charge in [-0.2, -0.15) is 0 Å². The smallest absolute Gasteiger partial charge is 0.431 e. The van der Waals surface area contributed by atoms with Crippen LogP contribution in [0.15, 0.2) is 48.5 Å². The van der Waals surface area contributed by atoms with Crippen LogP contribution in [0.25, 0.3) is 0 Å². The minimum absolute atomic E-state index is 0.0636. The first-order valence-electron chi connectivity index (χ1n) is 14.4. The fourth-order valence-corrected chi connectivity index (χ4v) is 6.25. The third kappa shape index (κ3) is 9.47. The number of hydrogen-bond acceptors (Lipinski definition) is 6. The molecule has 3 rings (SSSR count). The largest absolute Gasteiger partial charge is 0.514 e. The Morgan fingerprint density at radius 2 is 1.48 bits per heavy atom. The van der Waals surface area contributed by atoms with Crippen LogP contribution in [0, 0.1) is 23.7 Å². The summed E-state index contributed by atoms with van der Waals surface area (Å²) in [5.41, 5.74) is 1.90. The summed E-state index contributed by atoms with van der Waals surface area (Å²) in [6.45, 7) is 13.5. The van der Waals surface area contributed by atoms with E-state index in [-0.39, 0.29) is 18.1 Å². The number of ether oxygens (including phenoxy) is 4. The zero-order valence-corrected chi connectivity index (χ0v) is 26.9. The molecule has 40 heavy (non-hydrogen) atoms. The van der Waals surface area contributed by atoms with E-state index in [2.05, 4.69) is 50.3 Å². The highest BCUT2D eigenvalue weighted by Gasteiger charge is 2.31. The summed E-state index contributed by atoms with van der Waals surface area (Å²) in [4.78, 5) is 24.6. The molecule has 0 aromatic heterocycles. The monoisotopic (exact) mass is 664 g/mol. The van der Waals surface area contributed by atoms with Crippen molar-refractivity contribution in [2.24, 2.45) is 23.7 Å². The van der Waals surface area contributed by atoms with E-state index in [1.54, 1.807) is 0 Å². The van der Waals surface area contributed by atoms with Crippen LogP contribution in [0.3, 0.4) is 0 Å². The second-order valence-corrected chi connectivity index (χ2v) is 12.9. The number of esters is 1. The van der Waals surface area contributed by atoms with Gasteiger partial charge < -0.3 is 18.9 Å². The molecule has 0 aliphatic heterocycles. The maximum absolute atomic E-state index is 12.5. The van der Waals surface area contributed by atoms with Gasteiger partial charge in [0.25, 0.3) is 0 Å². The van der Waals surface area contributed by atoms with E-state index < -0.39 is 12.1 Å². The quantitative estimate of drug-likeness (QED) is 0.0747. The zero-order valence-electron chi connectivity index (χ0n) is 24.8. The second-order valence-electron chi connectivity index (χ2n) is 12.2. The van der Waals surface area contributed by atoms with Crippen molar-refractivity contribution in [1.29, 1.82) is 0 Å². The van der Waals surface area contributed by atoms with Crippen molar-refractivity contribution in [1.82, 2.24) is 0 Å². The molecule has 1 aliphatic rings. The van der Waals surface area contributed by atoms with Crippen molar-refractivity contribution >= 4 is 34.7 Å². The van der Waals surface area contributed by atoms with Crippen LogP contribution < -0.4 is 9.47 Å². The number of hydrogen-bond donors (Lipinski definition) is 0. The molecule has 6 nitrogen and oxygen atoms in total. The molecule has 0 spiro atoms. The molecular weight excluding hydrogens is 619 g/mol. The summed E-state index contributed by atoms with van der Waals surface area (Å²) < 4.78 is 22.8. The lowest BCUT2D eigenvalue weighted by Crippen LogP contribution is -2.31. The molecule has 7 heteroatoms. The molecule has 1 saturated carbocycles. The molecule has 0 bridgehead atoms. The minimum atomic E-state index is -0.636. The molecule has 0 saturated heterocycles. The van der Waals surface area contributed by atoms with Gasteiger partial charge in [-0.15, -0.1) is 0 Å². The normalized spacial score (nSPS) is 20.7. The van der Waals surface area contributed by atoms with Gasteiger partial charge in [0, 0.05) is 16.4 Å². The van der Waals surface area contributed by atoms with Crippen molar-refractivity contribution in [2.45, 2.75) is 78.7 Å². The maximum Gasteiger partial charge on any atom is 0.514 e. The standard InChI is InChI=1S/C33H45IO6/c1-22(2)17-25-7-12-30(18-24(25)5)40-32(36)39-29-15-10-27(11-16-29)33(6,21-34)26-8-13-28(14-9-26)38-31(35)20-37-19-23(3)4/h8-11,13-16,22-25,30H,7,12,17-21H2,1-6H3. The first kappa shape index (κ1) is 32.4. The summed E-state index contributed by atoms with van der Waals surface area (Å²) in [7, 11) is 0. The van der Waals surface area contributed by atoms with Gasteiger partial charge in [-0.3, -0.25) is 0 Å². The summed E-state index contributed by atoms with van der Waals surface area (Å²) in [6.07, 6.45) is 3.39. The van der Waals surface area contributed by atoms with E-state index in [4.69, 9.17) is 18.9 Å². The summed E-state index contributed by atoms with van der Waals surface area (Å²) >= 11 is 2.38. The van der Waals surface area contributed by atoms with E-state index in [0.717, 1.165) is 34.8 Å². The second kappa shape index (κ2) is 15.2. The molecule has 0 heterocycles. The Labute approximate surface area is 253 Å². The van der Waals surface area contributed by atoms with Gasteiger partial charge in [-0.1, -0.05) is 88.4 Å². The number of carbonyl (C=O) groups excluding carboxylic acids is 2. The van der Waals surface area contributed by atoms with Crippen LogP contribution >= 0.6 is 22.6 Å². The Balaban J connectivity index is 1.55. The highest BCUT2D eigenvalue weighted by atomic mass is 127. The first-order valence-corrected chi connectivity index (χ1v) is 16.0. The van der Waals surface area contributed by atoms with Gasteiger partial charge in [0.15, 0.2) is 0 Å². The molecule has 4 atom stereocenters. The third-order valence-electron chi connectivity index (χ3n) is 7.69. The molecule has 0 radical (unpaired) electrons. The molecule has 2 aromatic carbocycles. The van der Waals surface area contributed by atoms with E-state index in [1.807, 2.05) is 62.4 Å². The van der Waals surface area contributed by atoms with Gasteiger partial charge >= 0.3 is 12.1 Å². The number of alkyl halides is 1. The Morgan fingerprint density at radius 3 is 1.98 bits per heavy atom. The highest BCUT2D eigenvalue weighted by molar-refractivity contribution is 14.1. The Hall–Kier alpha value is -2.13. The predicted octanol–water partition coefficient (Wildman–Crippen LogP) is 8.37. The average Bonchev–Trinajstić information content (AvgIpc) is 2.90. The zero-order chi connectivity index (χ0) is 29.3. The van der Waals surface area contributed by atoms with E-state index in [1.165, 1.54) is 6.42 Å². The summed E-state index contributed by atoms with van der Waals surface area (Å²) in [5, 5.41) is 0. The fraction of sp³-hybridized carbons (Fsp3) is 0.576. The van der Waals surface area contributed by atoms with Gasteiger partial charge in [-0.25, -0.2) is 9.59 Å². The van der Waals surface area contributed by atoms with Crippen molar-refractivity contribution in [3.63, 3.8) is 0 Å². The van der Waals surface area contributed by atoms with Crippen LogP contribution in [-0.2, 0) is 19.7 Å².